The molecule has 1 aromatic carbocycles. The van der Waals surface area contributed by atoms with E-state index in [1.165, 1.54) is 23.9 Å². The lowest BCUT2D eigenvalue weighted by Crippen LogP contribution is -2.36. The van der Waals surface area contributed by atoms with Gasteiger partial charge in [-0.2, -0.15) is 0 Å². The van der Waals surface area contributed by atoms with Gasteiger partial charge >= 0.3 is 0 Å². The zero-order valence-electron chi connectivity index (χ0n) is 11.8. The molecule has 20 heavy (non-hydrogen) atoms. The number of rotatable bonds is 3. The maximum atomic E-state index is 6.05. The van der Waals surface area contributed by atoms with Crippen LogP contribution in [-0.4, -0.2) is 31.7 Å². The van der Waals surface area contributed by atoms with E-state index >= 15 is 0 Å². The van der Waals surface area contributed by atoms with Crippen LogP contribution in [0.5, 0.6) is 0 Å². The molecule has 0 atom stereocenters. The number of nitrogens with one attached hydrogen (secondary N) is 1. The number of halogens is 1. The number of hydrogen-bond donors (Lipinski definition) is 1. The number of fused-ring (bicyclic) bond motifs is 1. The summed E-state index contributed by atoms with van der Waals surface area (Å²) < 4.78 is 0. The Morgan fingerprint density at radius 1 is 1.30 bits per heavy atom. The van der Waals surface area contributed by atoms with Crippen LogP contribution in [0, 0.1) is 5.92 Å². The minimum atomic E-state index is 0.745. The second-order valence-corrected chi connectivity index (χ2v) is 5.92. The lowest BCUT2D eigenvalue weighted by Gasteiger charge is -2.34. The fourth-order valence-corrected chi connectivity index (χ4v) is 3.21. The number of nitrogens with zero attached hydrogens (tertiary/aromatic N) is 2. The van der Waals surface area contributed by atoms with Crippen LogP contribution in [0.15, 0.2) is 30.5 Å². The van der Waals surface area contributed by atoms with Gasteiger partial charge in [0.25, 0.3) is 0 Å². The maximum Gasteiger partial charge on any atom is 0.0737 e. The molecule has 1 N–H and O–H groups in total. The topological polar surface area (TPSA) is 28.2 Å². The van der Waals surface area contributed by atoms with Gasteiger partial charge in [-0.15, -0.1) is 0 Å². The quantitative estimate of drug-likeness (QED) is 0.939. The van der Waals surface area contributed by atoms with Gasteiger partial charge in [-0.25, -0.2) is 0 Å². The minimum Gasteiger partial charge on any atom is -0.371 e. The number of benzene rings is 1. The Morgan fingerprint density at radius 3 is 2.85 bits per heavy atom. The third-order valence-corrected chi connectivity index (χ3v) is 4.36. The molecule has 1 aliphatic heterocycles. The molecule has 0 radical (unpaired) electrons. The Balaban J connectivity index is 1.84. The predicted molar refractivity (Wildman–Crippen MR) is 85.6 cm³/mol. The van der Waals surface area contributed by atoms with Crippen molar-refractivity contribution in [1.29, 1.82) is 0 Å². The number of aromatic nitrogens is 1. The molecule has 1 aliphatic rings. The summed E-state index contributed by atoms with van der Waals surface area (Å²) in [7, 11) is 2.03. The van der Waals surface area contributed by atoms with Crippen LogP contribution in [0.3, 0.4) is 0 Å². The van der Waals surface area contributed by atoms with E-state index in [0.29, 0.717) is 0 Å². The summed E-state index contributed by atoms with van der Waals surface area (Å²) in [6.07, 6.45) is 4.38. The molecule has 4 heteroatoms. The Hall–Kier alpha value is -1.32. The highest BCUT2D eigenvalue weighted by Gasteiger charge is 2.20. The van der Waals surface area contributed by atoms with Crippen LogP contribution in [-0.2, 0) is 0 Å². The van der Waals surface area contributed by atoms with Crippen molar-refractivity contribution in [3.8, 4) is 0 Å². The third kappa shape index (κ3) is 2.74. The van der Waals surface area contributed by atoms with Crippen molar-refractivity contribution in [2.24, 2.45) is 5.92 Å². The van der Waals surface area contributed by atoms with Crippen LogP contribution in [0.25, 0.3) is 10.9 Å². The molecule has 0 saturated carbocycles. The lowest BCUT2D eigenvalue weighted by molar-refractivity contribution is 0.394. The van der Waals surface area contributed by atoms with Gasteiger partial charge in [-0.3, -0.25) is 4.98 Å². The first-order chi connectivity index (χ1) is 9.78. The summed E-state index contributed by atoms with van der Waals surface area (Å²) in [6, 6.07) is 8.09. The first-order valence-electron chi connectivity index (χ1n) is 7.22. The summed E-state index contributed by atoms with van der Waals surface area (Å²) in [6.45, 7) is 3.36. The zero-order chi connectivity index (χ0) is 13.9. The van der Waals surface area contributed by atoms with Crippen LogP contribution in [0.4, 0.5) is 5.69 Å². The summed E-state index contributed by atoms with van der Waals surface area (Å²) in [5.41, 5.74) is 2.27. The molecule has 3 rings (SSSR count). The van der Waals surface area contributed by atoms with E-state index in [2.05, 4.69) is 27.3 Å². The second-order valence-electron chi connectivity index (χ2n) is 5.48. The van der Waals surface area contributed by atoms with Gasteiger partial charge < -0.3 is 10.2 Å². The summed E-state index contributed by atoms with van der Waals surface area (Å²) in [4.78, 5) is 6.90. The van der Waals surface area contributed by atoms with Crippen molar-refractivity contribution in [3.63, 3.8) is 0 Å². The molecule has 3 nitrogen and oxygen atoms in total. The van der Waals surface area contributed by atoms with E-state index in [4.69, 9.17) is 11.6 Å². The van der Waals surface area contributed by atoms with Crippen molar-refractivity contribution in [3.05, 3.63) is 35.5 Å². The van der Waals surface area contributed by atoms with Crippen molar-refractivity contribution in [2.45, 2.75) is 12.8 Å². The normalized spacial score (nSPS) is 16.8. The monoisotopic (exact) mass is 289 g/mol. The zero-order valence-corrected chi connectivity index (χ0v) is 12.5. The Morgan fingerprint density at radius 2 is 2.10 bits per heavy atom. The fourth-order valence-electron chi connectivity index (χ4n) is 3.05. The lowest BCUT2D eigenvalue weighted by atomic mass is 9.96. The van der Waals surface area contributed by atoms with Gasteiger partial charge in [0.1, 0.15) is 0 Å². The molecule has 0 unspecified atom stereocenters. The Kier molecular flexibility index (Phi) is 4.08. The number of piperidine rings is 1. The molecule has 1 saturated heterocycles. The van der Waals surface area contributed by atoms with Crippen LogP contribution in [0.1, 0.15) is 12.8 Å². The average molecular weight is 290 g/mol. The number of pyridine rings is 1. The second kappa shape index (κ2) is 5.98. The average Bonchev–Trinajstić information content (AvgIpc) is 2.47. The van der Waals surface area contributed by atoms with Crippen molar-refractivity contribution in [1.82, 2.24) is 10.3 Å². The SMILES string of the molecule is CNCC1CCN(c2ccnc3cc(Cl)ccc23)CC1. The van der Waals surface area contributed by atoms with Gasteiger partial charge in [-0.1, -0.05) is 11.6 Å². The van der Waals surface area contributed by atoms with E-state index in [-0.39, 0.29) is 0 Å². The van der Waals surface area contributed by atoms with E-state index < -0.39 is 0 Å². The van der Waals surface area contributed by atoms with Crippen molar-refractivity contribution in [2.75, 3.05) is 31.6 Å². The predicted octanol–water partition coefficient (Wildman–Crippen LogP) is 3.32. The van der Waals surface area contributed by atoms with Gasteiger partial charge in [-0.05, 0) is 56.6 Å². The van der Waals surface area contributed by atoms with E-state index in [0.717, 1.165) is 36.1 Å². The molecular formula is C16H20ClN3. The highest BCUT2D eigenvalue weighted by Crippen LogP contribution is 2.30. The molecule has 2 heterocycles. The maximum absolute atomic E-state index is 6.05. The molecule has 0 spiro atoms. The Labute approximate surface area is 124 Å². The molecular weight excluding hydrogens is 270 g/mol. The molecule has 0 aliphatic carbocycles. The third-order valence-electron chi connectivity index (χ3n) is 4.13. The highest BCUT2D eigenvalue weighted by atomic mass is 35.5. The molecule has 106 valence electrons. The fraction of sp³-hybridized carbons (Fsp3) is 0.438. The van der Waals surface area contributed by atoms with Crippen molar-refractivity contribution < 1.29 is 0 Å². The van der Waals surface area contributed by atoms with Crippen LogP contribution >= 0.6 is 11.6 Å². The molecule has 0 bridgehead atoms. The summed E-state index contributed by atoms with van der Waals surface area (Å²) in [5, 5.41) is 5.23. The van der Waals surface area contributed by atoms with Crippen molar-refractivity contribution >= 4 is 28.2 Å². The van der Waals surface area contributed by atoms with E-state index in [1.54, 1.807) is 0 Å². The molecule has 0 amide bonds. The van der Waals surface area contributed by atoms with Crippen LogP contribution in [0.2, 0.25) is 5.02 Å². The number of anilines is 1. The van der Waals surface area contributed by atoms with E-state index in [9.17, 15) is 0 Å². The first kappa shape index (κ1) is 13.7. The van der Waals surface area contributed by atoms with Gasteiger partial charge in [0, 0.05) is 35.4 Å². The standard InChI is InChI=1S/C16H20ClN3/c1-18-11-12-5-8-20(9-6-12)16-4-7-19-15-10-13(17)2-3-14(15)16/h2-4,7,10,12,18H,5-6,8-9,11H2,1H3. The summed E-state index contributed by atoms with van der Waals surface area (Å²) >= 11 is 6.05. The van der Waals surface area contributed by atoms with Gasteiger partial charge in [0.05, 0.1) is 5.52 Å². The number of hydrogen-bond acceptors (Lipinski definition) is 3. The molecule has 2 aromatic rings. The summed E-state index contributed by atoms with van der Waals surface area (Å²) in [5.74, 6) is 0.804. The smallest absolute Gasteiger partial charge is 0.0737 e. The molecule has 1 aromatic heterocycles. The highest BCUT2D eigenvalue weighted by molar-refractivity contribution is 6.31. The van der Waals surface area contributed by atoms with E-state index in [1.807, 2.05) is 25.4 Å². The molecule has 1 fully saturated rings. The first-order valence-corrected chi connectivity index (χ1v) is 7.59. The Bertz CT molecular complexity index is 591. The van der Waals surface area contributed by atoms with Crippen LogP contribution < -0.4 is 10.2 Å². The minimum absolute atomic E-state index is 0.745. The van der Waals surface area contributed by atoms with Gasteiger partial charge in [0.2, 0.25) is 0 Å². The largest absolute Gasteiger partial charge is 0.371 e. The van der Waals surface area contributed by atoms with Gasteiger partial charge in [0.15, 0.2) is 0 Å².